The van der Waals surface area contributed by atoms with Crippen molar-refractivity contribution < 1.29 is 10.2 Å². The zero-order valence-corrected chi connectivity index (χ0v) is 9.93. The molecule has 0 spiro atoms. The van der Waals surface area contributed by atoms with Gasteiger partial charge >= 0.3 is 0 Å². The van der Waals surface area contributed by atoms with E-state index in [1.165, 1.54) is 0 Å². The summed E-state index contributed by atoms with van der Waals surface area (Å²) in [6.45, 7) is 0. The van der Waals surface area contributed by atoms with Gasteiger partial charge in [0.2, 0.25) is 0 Å². The van der Waals surface area contributed by atoms with Crippen LogP contribution >= 0.6 is 0 Å². The monoisotopic (exact) mass is 253 g/mol. The molecule has 0 aliphatic rings. The third-order valence-electron chi connectivity index (χ3n) is 2.73. The number of rotatable bonds is 2. The van der Waals surface area contributed by atoms with E-state index in [-0.39, 0.29) is 11.5 Å². The Bertz CT molecular complexity index is 662. The largest absolute Gasteiger partial charge is 0.508 e. The average Bonchev–Trinajstić information content (AvgIpc) is 2.88. The van der Waals surface area contributed by atoms with Gasteiger partial charge in [0.1, 0.15) is 17.2 Å². The van der Waals surface area contributed by atoms with Gasteiger partial charge in [-0.15, -0.1) is 5.10 Å². The molecule has 0 saturated heterocycles. The maximum atomic E-state index is 9.45. The minimum atomic E-state index is 0.173. The maximum Gasteiger partial charge on any atom is 0.117 e. The van der Waals surface area contributed by atoms with Gasteiger partial charge in [-0.1, -0.05) is 23.4 Å². The van der Waals surface area contributed by atoms with Gasteiger partial charge in [0, 0.05) is 11.6 Å². The van der Waals surface area contributed by atoms with Crippen LogP contribution in [0.1, 0.15) is 0 Å². The third kappa shape index (κ3) is 2.26. The van der Waals surface area contributed by atoms with Crippen molar-refractivity contribution in [1.82, 2.24) is 15.0 Å². The van der Waals surface area contributed by atoms with Crippen molar-refractivity contribution in [2.24, 2.45) is 0 Å². The summed E-state index contributed by atoms with van der Waals surface area (Å²) in [5.74, 6) is 0.358. The molecule has 0 bridgehead atoms. The molecule has 0 atom stereocenters. The quantitative estimate of drug-likeness (QED) is 0.735. The highest BCUT2D eigenvalue weighted by atomic mass is 16.3. The Morgan fingerprint density at radius 1 is 0.895 bits per heavy atom. The molecule has 1 aromatic heterocycles. The number of hydrogen-bond donors (Lipinski definition) is 2. The highest BCUT2D eigenvalue weighted by Crippen LogP contribution is 2.22. The van der Waals surface area contributed by atoms with Gasteiger partial charge in [0.25, 0.3) is 0 Å². The molecule has 1 heterocycles. The Labute approximate surface area is 109 Å². The standard InChI is InChI=1S/C14H11N3O2/c18-12-5-1-3-10(7-12)14-9-17(16-15-14)11-4-2-6-13(19)8-11/h1-9,18-19H. The summed E-state index contributed by atoms with van der Waals surface area (Å²) in [5, 5.41) is 26.9. The predicted octanol–water partition coefficient (Wildman–Crippen LogP) is 2.35. The summed E-state index contributed by atoms with van der Waals surface area (Å²) < 4.78 is 1.57. The Balaban J connectivity index is 2.00. The molecule has 0 amide bonds. The van der Waals surface area contributed by atoms with E-state index in [4.69, 9.17) is 0 Å². The fraction of sp³-hybridized carbons (Fsp3) is 0. The van der Waals surface area contributed by atoms with Gasteiger partial charge in [0.05, 0.1) is 11.9 Å². The summed E-state index contributed by atoms with van der Waals surface area (Å²) in [4.78, 5) is 0. The predicted molar refractivity (Wildman–Crippen MR) is 70.1 cm³/mol. The first-order valence-electron chi connectivity index (χ1n) is 5.73. The van der Waals surface area contributed by atoms with Crippen molar-refractivity contribution in [3.05, 3.63) is 54.7 Å². The van der Waals surface area contributed by atoms with Crippen LogP contribution in [0.2, 0.25) is 0 Å². The van der Waals surface area contributed by atoms with Crippen LogP contribution in [-0.2, 0) is 0 Å². The van der Waals surface area contributed by atoms with Gasteiger partial charge in [-0.05, 0) is 24.3 Å². The summed E-state index contributed by atoms with van der Waals surface area (Å²) in [6.07, 6.45) is 1.74. The smallest absolute Gasteiger partial charge is 0.117 e. The number of phenols is 2. The second-order valence-corrected chi connectivity index (χ2v) is 4.12. The molecule has 0 radical (unpaired) electrons. The maximum absolute atomic E-state index is 9.45. The van der Waals surface area contributed by atoms with E-state index in [9.17, 15) is 10.2 Å². The van der Waals surface area contributed by atoms with E-state index < -0.39 is 0 Å². The van der Waals surface area contributed by atoms with Crippen LogP contribution in [0.3, 0.4) is 0 Å². The van der Waals surface area contributed by atoms with Crippen LogP contribution < -0.4 is 0 Å². The van der Waals surface area contributed by atoms with Crippen LogP contribution in [0.5, 0.6) is 11.5 Å². The average molecular weight is 253 g/mol. The van der Waals surface area contributed by atoms with Gasteiger partial charge in [-0.25, -0.2) is 4.68 Å². The van der Waals surface area contributed by atoms with Crippen LogP contribution in [0, 0.1) is 0 Å². The molecule has 5 nitrogen and oxygen atoms in total. The highest BCUT2D eigenvalue weighted by molar-refractivity contribution is 5.60. The lowest BCUT2D eigenvalue weighted by Gasteiger charge is -1.99. The first kappa shape index (κ1) is 11.3. The summed E-state index contributed by atoms with van der Waals surface area (Å²) >= 11 is 0. The third-order valence-corrected chi connectivity index (χ3v) is 2.73. The molecule has 2 aromatic carbocycles. The number of benzene rings is 2. The highest BCUT2D eigenvalue weighted by Gasteiger charge is 2.06. The second-order valence-electron chi connectivity index (χ2n) is 4.12. The number of phenolic OH excluding ortho intramolecular Hbond substituents is 2. The number of nitrogens with zero attached hydrogens (tertiary/aromatic N) is 3. The molecule has 0 aliphatic heterocycles. The fourth-order valence-electron chi connectivity index (χ4n) is 1.82. The molecule has 5 heteroatoms. The first-order chi connectivity index (χ1) is 9.22. The molecule has 3 rings (SSSR count). The lowest BCUT2D eigenvalue weighted by molar-refractivity contribution is 0.474. The van der Waals surface area contributed by atoms with E-state index >= 15 is 0 Å². The Morgan fingerprint density at radius 2 is 1.63 bits per heavy atom. The van der Waals surface area contributed by atoms with Crippen molar-refractivity contribution >= 4 is 0 Å². The van der Waals surface area contributed by atoms with E-state index in [0.717, 1.165) is 11.3 Å². The minimum absolute atomic E-state index is 0.173. The van der Waals surface area contributed by atoms with Crippen LogP contribution in [0.4, 0.5) is 0 Å². The number of hydrogen-bond acceptors (Lipinski definition) is 4. The van der Waals surface area contributed by atoms with Crippen molar-refractivity contribution in [1.29, 1.82) is 0 Å². The molecular formula is C14H11N3O2. The number of aromatic hydroxyl groups is 2. The lowest BCUT2D eigenvalue weighted by atomic mass is 10.1. The molecule has 0 saturated carbocycles. The van der Waals surface area contributed by atoms with Crippen molar-refractivity contribution in [3.8, 4) is 28.4 Å². The lowest BCUT2D eigenvalue weighted by Crippen LogP contribution is -1.93. The van der Waals surface area contributed by atoms with E-state index in [2.05, 4.69) is 10.3 Å². The van der Waals surface area contributed by atoms with E-state index in [1.54, 1.807) is 47.3 Å². The summed E-state index contributed by atoms with van der Waals surface area (Å²) in [7, 11) is 0. The van der Waals surface area contributed by atoms with E-state index in [1.807, 2.05) is 12.1 Å². The minimum Gasteiger partial charge on any atom is -0.508 e. The van der Waals surface area contributed by atoms with Crippen molar-refractivity contribution in [3.63, 3.8) is 0 Å². The zero-order chi connectivity index (χ0) is 13.2. The second kappa shape index (κ2) is 4.45. The molecule has 3 aromatic rings. The SMILES string of the molecule is Oc1cccc(-c2cn(-c3cccc(O)c3)nn2)c1. The molecule has 0 aliphatic carbocycles. The summed E-state index contributed by atoms with van der Waals surface area (Å²) in [6, 6.07) is 13.6. The Hall–Kier alpha value is -2.82. The Kier molecular flexibility index (Phi) is 2.64. The number of aromatic nitrogens is 3. The van der Waals surface area contributed by atoms with Crippen LogP contribution in [0.15, 0.2) is 54.7 Å². The molecule has 19 heavy (non-hydrogen) atoms. The molecule has 0 unspecified atom stereocenters. The van der Waals surface area contributed by atoms with Gasteiger partial charge < -0.3 is 10.2 Å². The Morgan fingerprint density at radius 3 is 2.37 bits per heavy atom. The van der Waals surface area contributed by atoms with Crippen molar-refractivity contribution in [2.45, 2.75) is 0 Å². The fourth-order valence-corrected chi connectivity index (χ4v) is 1.82. The normalized spacial score (nSPS) is 10.5. The topological polar surface area (TPSA) is 71.2 Å². The van der Waals surface area contributed by atoms with Crippen molar-refractivity contribution in [2.75, 3.05) is 0 Å². The summed E-state index contributed by atoms with van der Waals surface area (Å²) in [5.41, 5.74) is 2.16. The molecular weight excluding hydrogens is 242 g/mol. The molecule has 94 valence electrons. The van der Waals surface area contributed by atoms with Crippen LogP contribution in [0.25, 0.3) is 16.9 Å². The van der Waals surface area contributed by atoms with Gasteiger partial charge in [0.15, 0.2) is 0 Å². The van der Waals surface area contributed by atoms with Gasteiger partial charge in [-0.3, -0.25) is 0 Å². The van der Waals surface area contributed by atoms with Crippen LogP contribution in [-0.4, -0.2) is 25.2 Å². The van der Waals surface area contributed by atoms with E-state index in [0.29, 0.717) is 5.69 Å². The first-order valence-corrected chi connectivity index (χ1v) is 5.73. The van der Waals surface area contributed by atoms with Gasteiger partial charge in [-0.2, -0.15) is 0 Å². The zero-order valence-electron chi connectivity index (χ0n) is 9.93. The molecule has 0 fully saturated rings. The molecule has 2 N–H and O–H groups in total.